The van der Waals surface area contributed by atoms with Gasteiger partial charge in [0, 0.05) is 29.0 Å². The SMILES string of the molecule is O=C(O)C(CO)NCCS(=O)(=O)c1ccc(O)c(N=Nc2c(O)c(S(=O)(=O)O)cc3cc(S(=O)(=O)O)ccc23)c1.[Cu]. The molecule has 3 aromatic carbocycles. The third-order valence-corrected chi connectivity index (χ3v) is 8.83. The van der Waals surface area contributed by atoms with Crippen LogP contribution in [0, 0.1) is 0 Å². The van der Waals surface area contributed by atoms with Crippen LogP contribution in [-0.4, -0.2) is 85.7 Å². The van der Waals surface area contributed by atoms with Crippen molar-refractivity contribution < 1.29 is 76.6 Å². The topological polar surface area (TPSA) is 278 Å². The average Bonchev–Trinajstić information content (AvgIpc) is 2.84. The summed E-state index contributed by atoms with van der Waals surface area (Å²) in [5.74, 6) is -3.70. The van der Waals surface area contributed by atoms with Crippen molar-refractivity contribution in [3.63, 3.8) is 0 Å². The number of nitrogens with zero attached hydrogens (tertiary/aromatic N) is 2. The van der Waals surface area contributed by atoms with Gasteiger partial charge in [0.25, 0.3) is 20.2 Å². The molecule has 1 unspecified atom stereocenters. The van der Waals surface area contributed by atoms with Gasteiger partial charge in [-0.2, -0.15) is 16.8 Å². The first-order valence-electron chi connectivity index (χ1n) is 10.7. The minimum atomic E-state index is -5.09. The molecular formula is C21H21CuN3O13S3. The summed E-state index contributed by atoms with van der Waals surface area (Å²) in [5.41, 5.74) is -1.08. The maximum Gasteiger partial charge on any atom is 0.323 e. The molecule has 0 bridgehead atoms. The number of aliphatic hydroxyl groups is 1. The number of aliphatic carboxylic acids is 1. The predicted molar refractivity (Wildman–Crippen MR) is 136 cm³/mol. The molecule has 7 N–H and O–H groups in total. The van der Waals surface area contributed by atoms with Gasteiger partial charge in [-0.15, -0.1) is 10.2 Å². The fourth-order valence-electron chi connectivity index (χ4n) is 3.38. The number of carboxylic acid groups (broad SMARTS) is 1. The number of phenolic OH excluding ortho intramolecular Hbond substituents is 2. The van der Waals surface area contributed by atoms with E-state index < -0.39 is 87.1 Å². The Kier molecular flexibility index (Phi) is 10.6. The summed E-state index contributed by atoms with van der Waals surface area (Å²) in [5, 5.41) is 48.0. The Bertz CT molecular complexity index is 1850. The number of aromatic hydroxyl groups is 2. The Morgan fingerprint density at radius 1 is 0.878 bits per heavy atom. The van der Waals surface area contributed by atoms with E-state index in [0.717, 1.165) is 42.5 Å². The second-order valence-corrected chi connectivity index (χ2v) is 13.0. The van der Waals surface area contributed by atoms with E-state index in [2.05, 4.69) is 15.5 Å². The molecule has 3 rings (SSSR count). The Morgan fingerprint density at radius 2 is 1.51 bits per heavy atom. The zero-order valence-electron chi connectivity index (χ0n) is 20.2. The number of carboxylic acids is 1. The first-order chi connectivity index (χ1) is 18.5. The summed E-state index contributed by atoms with van der Waals surface area (Å²) in [4.78, 5) is 8.83. The van der Waals surface area contributed by atoms with Crippen LogP contribution in [0.15, 0.2) is 67.4 Å². The number of benzene rings is 3. The summed E-state index contributed by atoms with van der Waals surface area (Å²) in [6, 6.07) is 4.98. The van der Waals surface area contributed by atoms with E-state index in [9.17, 15) is 49.4 Å². The van der Waals surface area contributed by atoms with Gasteiger partial charge >= 0.3 is 5.97 Å². The summed E-state index contributed by atoms with van der Waals surface area (Å²) in [7, 11) is -13.9. The predicted octanol–water partition coefficient (Wildman–Crippen LogP) is 0.966. The molecule has 3 aromatic rings. The largest absolute Gasteiger partial charge is 0.506 e. The normalized spacial score (nSPS) is 13.2. The van der Waals surface area contributed by atoms with E-state index in [1.54, 1.807) is 0 Å². The molecule has 16 nitrogen and oxygen atoms in total. The van der Waals surface area contributed by atoms with Crippen LogP contribution >= 0.6 is 0 Å². The fraction of sp³-hybridized carbons (Fsp3) is 0.190. The molecule has 0 aliphatic rings. The zero-order chi connectivity index (χ0) is 30.0. The zero-order valence-corrected chi connectivity index (χ0v) is 23.6. The van der Waals surface area contributed by atoms with E-state index in [0.29, 0.717) is 0 Å². The molecular weight excluding hydrogens is 662 g/mol. The Morgan fingerprint density at radius 3 is 2.07 bits per heavy atom. The van der Waals surface area contributed by atoms with Crippen molar-refractivity contribution in [2.45, 2.75) is 20.7 Å². The summed E-state index contributed by atoms with van der Waals surface area (Å²) >= 11 is 0. The van der Waals surface area contributed by atoms with Gasteiger partial charge in [0.15, 0.2) is 15.6 Å². The van der Waals surface area contributed by atoms with Crippen LogP contribution in [0.3, 0.4) is 0 Å². The molecule has 227 valence electrons. The van der Waals surface area contributed by atoms with Crippen LogP contribution in [0.2, 0.25) is 0 Å². The van der Waals surface area contributed by atoms with Gasteiger partial charge in [-0.25, -0.2) is 8.42 Å². The van der Waals surface area contributed by atoms with E-state index in [1.807, 2.05) is 0 Å². The van der Waals surface area contributed by atoms with Crippen molar-refractivity contribution >= 4 is 58.2 Å². The minimum absolute atomic E-state index is 0. The Labute approximate surface area is 243 Å². The molecule has 0 saturated heterocycles. The molecule has 1 atom stereocenters. The van der Waals surface area contributed by atoms with Gasteiger partial charge in [-0.05, 0) is 41.8 Å². The van der Waals surface area contributed by atoms with Gasteiger partial charge in [-0.1, -0.05) is 6.07 Å². The number of azo groups is 1. The number of sulfone groups is 1. The number of hydrogen-bond donors (Lipinski definition) is 7. The number of rotatable bonds is 11. The van der Waals surface area contributed by atoms with Crippen molar-refractivity contribution in [2.24, 2.45) is 10.2 Å². The van der Waals surface area contributed by atoms with E-state index >= 15 is 0 Å². The summed E-state index contributed by atoms with van der Waals surface area (Å²) in [6.07, 6.45) is 0. The van der Waals surface area contributed by atoms with Gasteiger partial charge < -0.3 is 25.7 Å². The van der Waals surface area contributed by atoms with E-state index in [1.165, 1.54) is 0 Å². The number of nitrogens with one attached hydrogen (secondary N) is 1. The van der Waals surface area contributed by atoms with Crippen molar-refractivity contribution in [1.29, 1.82) is 0 Å². The van der Waals surface area contributed by atoms with Crippen molar-refractivity contribution in [3.8, 4) is 11.5 Å². The number of carbonyl (C=O) groups is 1. The van der Waals surface area contributed by atoms with Gasteiger partial charge in [0.05, 0.1) is 22.2 Å². The first kappa shape index (κ1) is 34.0. The van der Waals surface area contributed by atoms with Crippen LogP contribution in [0.5, 0.6) is 11.5 Å². The standard InChI is InChI=1S/C21H21N3O13S3.Cu/c25-10-16(21(28)29)22-5-6-38(30,31)12-2-4-17(26)15(9-12)23-24-19-14-3-1-13(39(32,33)34)7-11(14)8-18(20(19)27)40(35,36)37;/h1-4,7-9,16,22,25-27H,5-6,10H2,(H,28,29)(H,32,33,34)(H,35,36,37);. The maximum absolute atomic E-state index is 12.7. The number of fused-ring (bicyclic) bond motifs is 1. The minimum Gasteiger partial charge on any atom is -0.506 e. The van der Waals surface area contributed by atoms with E-state index in [-0.39, 0.29) is 39.3 Å². The fourth-order valence-corrected chi connectivity index (χ4v) is 5.71. The number of aliphatic hydroxyl groups excluding tert-OH is 1. The van der Waals surface area contributed by atoms with Crippen LogP contribution in [0.4, 0.5) is 11.4 Å². The number of hydrogen-bond acceptors (Lipinski definition) is 13. The molecule has 1 radical (unpaired) electrons. The molecule has 0 saturated carbocycles. The molecule has 0 aliphatic heterocycles. The Hall–Kier alpha value is -3.20. The van der Waals surface area contributed by atoms with Gasteiger partial charge in [0.1, 0.15) is 28.1 Å². The smallest absolute Gasteiger partial charge is 0.323 e. The maximum atomic E-state index is 12.7. The van der Waals surface area contributed by atoms with Crippen LogP contribution in [0.1, 0.15) is 0 Å². The molecule has 0 heterocycles. The quantitative estimate of drug-likeness (QED) is 0.0843. The summed E-state index contributed by atoms with van der Waals surface area (Å²) in [6.45, 7) is -1.14. The third kappa shape index (κ3) is 7.97. The third-order valence-electron chi connectivity index (χ3n) is 5.40. The van der Waals surface area contributed by atoms with Crippen molar-refractivity contribution in [3.05, 3.63) is 42.5 Å². The number of phenols is 2. The molecule has 0 spiro atoms. The van der Waals surface area contributed by atoms with Crippen LogP contribution in [-0.2, 0) is 51.9 Å². The second-order valence-electron chi connectivity index (χ2n) is 8.10. The molecule has 0 aromatic heterocycles. The van der Waals surface area contributed by atoms with Crippen molar-refractivity contribution in [1.82, 2.24) is 5.32 Å². The monoisotopic (exact) mass is 682 g/mol. The van der Waals surface area contributed by atoms with Crippen molar-refractivity contribution in [2.75, 3.05) is 18.9 Å². The van der Waals surface area contributed by atoms with Gasteiger partial charge in [0.2, 0.25) is 0 Å². The second kappa shape index (κ2) is 12.8. The van der Waals surface area contributed by atoms with Crippen LogP contribution in [0.25, 0.3) is 10.8 Å². The van der Waals surface area contributed by atoms with Crippen LogP contribution < -0.4 is 5.32 Å². The van der Waals surface area contributed by atoms with E-state index in [4.69, 9.17) is 10.2 Å². The summed E-state index contributed by atoms with van der Waals surface area (Å²) < 4.78 is 90.8. The molecule has 0 amide bonds. The molecule has 0 aliphatic carbocycles. The molecule has 20 heteroatoms. The van der Waals surface area contributed by atoms with Gasteiger partial charge in [-0.3, -0.25) is 13.9 Å². The first-order valence-corrected chi connectivity index (χ1v) is 15.3. The molecule has 41 heavy (non-hydrogen) atoms. The average molecular weight is 683 g/mol. The Balaban J connectivity index is 0.00000588. The molecule has 0 fully saturated rings.